The maximum Gasteiger partial charge on any atom is 0.287 e. The number of hydrazone groups is 1. The highest BCUT2D eigenvalue weighted by Gasteiger charge is 2.16. The van der Waals surface area contributed by atoms with E-state index >= 15 is 0 Å². The lowest BCUT2D eigenvalue weighted by Crippen LogP contribution is -2.32. The maximum absolute atomic E-state index is 12.9. The van der Waals surface area contributed by atoms with Crippen LogP contribution in [-0.4, -0.2) is 46.3 Å². The molecule has 2 aromatic carbocycles. The molecule has 0 saturated heterocycles. The molecule has 3 rings (SSSR count). The van der Waals surface area contributed by atoms with E-state index in [0.29, 0.717) is 34.3 Å². The van der Waals surface area contributed by atoms with Crippen molar-refractivity contribution in [3.8, 4) is 11.5 Å². The van der Waals surface area contributed by atoms with Gasteiger partial charge in [0.25, 0.3) is 11.8 Å². The topological polar surface area (TPSA) is 105 Å². The van der Waals surface area contributed by atoms with Crippen LogP contribution in [0.4, 0.5) is 5.88 Å². The van der Waals surface area contributed by atoms with Crippen molar-refractivity contribution in [3.05, 3.63) is 83.2 Å². The number of hydrogen-bond donors (Lipinski definition) is 2. The largest absolute Gasteiger partial charge is 0.497 e. The maximum atomic E-state index is 12.9. The summed E-state index contributed by atoms with van der Waals surface area (Å²) in [4.78, 5) is 27.5. The number of carbonyl (C=O) groups is 2. The van der Waals surface area contributed by atoms with Gasteiger partial charge in [0.2, 0.25) is 0 Å². The molecule has 0 bridgehead atoms. The Kier molecular flexibility index (Phi) is 8.07. The number of amides is 2. The molecule has 2 N–H and O–H groups in total. The van der Waals surface area contributed by atoms with Gasteiger partial charge in [-0.3, -0.25) is 9.59 Å². The molecule has 0 aliphatic heterocycles. The second-order valence-corrected chi connectivity index (χ2v) is 7.26. The summed E-state index contributed by atoms with van der Waals surface area (Å²) in [5.74, 6) is 1.09. The van der Waals surface area contributed by atoms with Crippen molar-refractivity contribution >= 4 is 30.0 Å². The summed E-state index contributed by atoms with van der Waals surface area (Å²) < 4.78 is 16.2. The van der Waals surface area contributed by atoms with Crippen molar-refractivity contribution in [2.75, 3.05) is 33.2 Å². The molecule has 0 spiro atoms. The highest BCUT2D eigenvalue weighted by atomic mass is 16.5. The van der Waals surface area contributed by atoms with Crippen LogP contribution in [0.2, 0.25) is 0 Å². The van der Waals surface area contributed by atoms with Gasteiger partial charge in [0.1, 0.15) is 23.0 Å². The zero-order chi connectivity index (χ0) is 24.5. The number of ether oxygens (including phenoxy) is 2. The van der Waals surface area contributed by atoms with Crippen LogP contribution in [0.25, 0.3) is 6.08 Å². The van der Waals surface area contributed by atoms with Gasteiger partial charge in [-0.1, -0.05) is 18.2 Å². The van der Waals surface area contributed by atoms with Crippen LogP contribution in [0.1, 0.15) is 21.7 Å². The van der Waals surface area contributed by atoms with Crippen molar-refractivity contribution in [2.45, 2.75) is 0 Å². The van der Waals surface area contributed by atoms with Gasteiger partial charge in [0, 0.05) is 37.4 Å². The summed E-state index contributed by atoms with van der Waals surface area (Å²) in [5, 5.41) is 6.60. The predicted molar refractivity (Wildman–Crippen MR) is 130 cm³/mol. The van der Waals surface area contributed by atoms with E-state index in [9.17, 15) is 9.59 Å². The van der Waals surface area contributed by atoms with Gasteiger partial charge < -0.3 is 24.1 Å². The molecule has 0 fully saturated rings. The number of hydrogen-bond acceptors (Lipinski definition) is 7. The Morgan fingerprint density at radius 3 is 2.41 bits per heavy atom. The minimum Gasteiger partial charge on any atom is -0.497 e. The third kappa shape index (κ3) is 6.26. The summed E-state index contributed by atoms with van der Waals surface area (Å²) >= 11 is 0. The molecule has 0 unspecified atom stereocenters. The molecule has 176 valence electrons. The molecular weight excluding hydrogens is 436 g/mol. The van der Waals surface area contributed by atoms with Gasteiger partial charge >= 0.3 is 0 Å². The van der Waals surface area contributed by atoms with Gasteiger partial charge in [-0.2, -0.15) is 5.10 Å². The first kappa shape index (κ1) is 24.1. The molecule has 1 aromatic heterocycles. The predicted octanol–water partition coefficient (Wildman–Crippen LogP) is 3.28. The molecule has 0 atom stereocenters. The number of methoxy groups -OCH3 is 2. The third-order valence-corrected chi connectivity index (χ3v) is 4.68. The number of anilines is 1. The Bertz CT molecular complexity index is 1200. The van der Waals surface area contributed by atoms with Crippen LogP contribution in [0.3, 0.4) is 0 Å². The summed E-state index contributed by atoms with van der Waals surface area (Å²) in [7, 11) is 6.74. The van der Waals surface area contributed by atoms with Gasteiger partial charge in [0.05, 0.1) is 20.4 Å². The summed E-state index contributed by atoms with van der Waals surface area (Å²) in [6.45, 7) is 0. The minimum absolute atomic E-state index is 0.0251. The van der Waals surface area contributed by atoms with Crippen LogP contribution >= 0.6 is 0 Å². The normalized spacial score (nSPS) is 11.2. The SMILES string of the molecule is COc1ccc(/C=C(/NC(=O)c2ccccc2)C(=O)N/N=C/c2ccc(N(C)C)o2)c(OC)c1. The highest BCUT2D eigenvalue weighted by molar-refractivity contribution is 6.05. The fourth-order valence-corrected chi connectivity index (χ4v) is 2.90. The number of rotatable bonds is 9. The fraction of sp³-hybridized carbons (Fsp3) is 0.160. The molecule has 9 heteroatoms. The lowest BCUT2D eigenvalue weighted by Gasteiger charge is -2.11. The molecule has 34 heavy (non-hydrogen) atoms. The first-order chi connectivity index (χ1) is 16.4. The fourth-order valence-electron chi connectivity index (χ4n) is 2.90. The van der Waals surface area contributed by atoms with Crippen LogP contribution in [0.5, 0.6) is 11.5 Å². The number of carbonyl (C=O) groups excluding carboxylic acids is 2. The van der Waals surface area contributed by atoms with Crippen LogP contribution in [0, 0.1) is 0 Å². The van der Waals surface area contributed by atoms with E-state index in [-0.39, 0.29) is 5.70 Å². The lowest BCUT2D eigenvalue weighted by atomic mass is 10.1. The van der Waals surface area contributed by atoms with Gasteiger partial charge in [-0.25, -0.2) is 5.43 Å². The van der Waals surface area contributed by atoms with Crippen molar-refractivity contribution in [2.24, 2.45) is 5.10 Å². The first-order valence-corrected chi connectivity index (χ1v) is 10.3. The monoisotopic (exact) mass is 462 g/mol. The molecule has 9 nitrogen and oxygen atoms in total. The first-order valence-electron chi connectivity index (χ1n) is 10.3. The summed E-state index contributed by atoms with van der Waals surface area (Å²) in [6, 6.07) is 17.2. The zero-order valence-electron chi connectivity index (χ0n) is 19.4. The van der Waals surface area contributed by atoms with E-state index in [1.54, 1.807) is 72.7 Å². The number of benzene rings is 2. The Morgan fingerprint density at radius 1 is 1.00 bits per heavy atom. The summed E-state index contributed by atoms with van der Waals surface area (Å²) in [6.07, 6.45) is 2.87. The minimum atomic E-state index is -0.627. The van der Waals surface area contributed by atoms with Crippen molar-refractivity contribution in [3.63, 3.8) is 0 Å². The van der Waals surface area contributed by atoms with E-state index in [1.165, 1.54) is 19.4 Å². The molecule has 1 heterocycles. The number of nitrogens with zero attached hydrogens (tertiary/aromatic N) is 2. The Labute approximate surface area is 197 Å². The number of furan rings is 1. The van der Waals surface area contributed by atoms with Gasteiger partial charge in [-0.05, 0) is 36.4 Å². The Balaban J connectivity index is 1.86. The second-order valence-electron chi connectivity index (χ2n) is 7.26. The second kappa shape index (κ2) is 11.4. The van der Waals surface area contributed by atoms with Crippen molar-refractivity contribution in [1.29, 1.82) is 0 Å². The van der Waals surface area contributed by atoms with Gasteiger partial charge in [-0.15, -0.1) is 0 Å². The molecule has 0 saturated carbocycles. The molecule has 0 radical (unpaired) electrons. The van der Waals surface area contributed by atoms with E-state index in [4.69, 9.17) is 13.9 Å². The Hall–Kier alpha value is -4.53. The van der Waals surface area contributed by atoms with Crippen molar-refractivity contribution < 1.29 is 23.5 Å². The van der Waals surface area contributed by atoms with Crippen LogP contribution < -0.4 is 25.1 Å². The van der Waals surface area contributed by atoms with E-state index in [2.05, 4.69) is 15.8 Å². The standard InChI is InChI=1S/C25H26N4O5/c1-29(2)23-13-12-20(34-23)16-26-28-25(31)21(27-24(30)17-8-6-5-7-9-17)14-18-10-11-19(32-3)15-22(18)33-4/h5-16H,1-4H3,(H,27,30)(H,28,31)/b21-14+,26-16+. The molecule has 0 aliphatic rings. The number of nitrogens with one attached hydrogen (secondary N) is 2. The van der Waals surface area contributed by atoms with Crippen LogP contribution in [0.15, 0.2) is 75.9 Å². The lowest BCUT2D eigenvalue weighted by molar-refractivity contribution is -0.117. The quantitative estimate of drug-likeness (QED) is 0.287. The van der Waals surface area contributed by atoms with E-state index in [1.807, 2.05) is 14.1 Å². The third-order valence-electron chi connectivity index (χ3n) is 4.68. The molecule has 0 aliphatic carbocycles. The smallest absolute Gasteiger partial charge is 0.287 e. The van der Waals surface area contributed by atoms with Gasteiger partial charge in [0.15, 0.2) is 5.88 Å². The van der Waals surface area contributed by atoms with Crippen LogP contribution in [-0.2, 0) is 4.79 Å². The highest BCUT2D eigenvalue weighted by Crippen LogP contribution is 2.26. The zero-order valence-corrected chi connectivity index (χ0v) is 19.4. The average molecular weight is 463 g/mol. The molecule has 2 amide bonds. The molecular formula is C25H26N4O5. The summed E-state index contributed by atoms with van der Waals surface area (Å²) in [5.41, 5.74) is 3.35. The average Bonchev–Trinajstić information content (AvgIpc) is 3.33. The van der Waals surface area contributed by atoms with Crippen molar-refractivity contribution in [1.82, 2.24) is 10.7 Å². The van der Waals surface area contributed by atoms with E-state index < -0.39 is 11.8 Å². The Morgan fingerprint density at radius 2 is 1.76 bits per heavy atom. The van der Waals surface area contributed by atoms with E-state index in [0.717, 1.165) is 0 Å². The molecule has 3 aromatic rings.